The Balaban J connectivity index is 2.94. The van der Waals surface area contributed by atoms with Crippen molar-refractivity contribution in [3.05, 3.63) is 22.0 Å². The minimum atomic E-state index is -1.48. The van der Waals surface area contributed by atoms with E-state index in [9.17, 15) is 4.39 Å². The normalized spacial score (nSPS) is 25.9. The van der Waals surface area contributed by atoms with Gasteiger partial charge < -0.3 is 11.1 Å². The molecule has 10 heavy (non-hydrogen) atoms. The van der Waals surface area contributed by atoms with Crippen molar-refractivity contribution in [2.75, 3.05) is 0 Å². The van der Waals surface area contributed by atoms with Crippen molar-refractivity contribution in [1.82, 2.24) is 5.32 Å². The predicted molar refractivity (Wildman–Crippen MR) is 37.7 cm³/mol. The van der Waals surface area contributed by atoms with E-state index < -0.39 is 6.30 Å². The molecule has 1 unspecified atom stereocenters. The lowest BCUT2D eigenvalue weighted by atomic mass is 10.3. The van der Waals surface area contributed by atoms with Crippen molar-refractivity contribution >= 4 is 23.2 Å². The molecule has 1 heterocycles. The summed E-state index contributed by atoms with van der Waals surface area (Å²) in [5, 5.41) is 2.15. The molecule has 55 valence electrons. The van der Waals surface area contributed by atoms with Gasteiger partial charge in [-0.1, -0.05) is 23.2 Å². The lowest BCUT2D eigenvalue weighted by Crippen LogP contribution is -2.27. The van der Waals surface area contributed by atoms with Crippen LogP contribution in [0, 0.1) is 6.20 Å². The highest BCUT2D eigenvalue weighted by Gasteiger charge is 2.19. The highest BCUT2D eigenvalue weighted by Crippen LogP contribution is 2.23. The minimum Gasteiger partial charge on any atom is -0.396 e. The summed E-state index contributed by atoms with van der Waals surface area (Å²) in [4.78, 5) is 0. The quantitative estimate of drug-likeness (QED) is 0.552. The van der Waals surface area contributed by atoms with Gasteiger partial charge in [-0.2, -0.15) is 0 Å². The fourth-order valence-electron chi connectivity index (χ4n) is 0.499. The fourth-order valence-corrected chi connectivity index (χ4v) is 0.853. The van der Waals surface area contributed by atoms with E-state index >= 15 is 0 Å². The van der Waals surface area contributed by atoms with Gasteiger partial charge in [0.15, 0.2) is 0 Å². The molecule has 1 rings (SSSR count). The molecule has 0 spiro atoms. The van der Waals surface area contributed by atoms with E-state index in [-0.39, 0.29) is 15.8 Å². The molecule has 0 fully saturated rings. The number of nitrogens with two attached hydrogens (primary N) is 1. The maximum Gasteiger partial charge on any atom is 0.208 e. The van der Waals surface area contributed by atoms with E-state index in [0.29, 0.717) is 0 Å². The molecule has 0 saturated heterocycles. The van der Waals surface area contributed by atoms with Gasteiger partial charge in [0.1, 0.15) is 0 Å². The monoisotopic (exact) mass is 181 g/mol. The Morgan fingerprint density at radius 2 is 2.20 bits per heavy atom. The Morgan fingerprint density at radius 1 is 1.60 bits per heavy atom. The summed E-state index contributed by atoms with van der Waals surface area (Å²) in [6, 6.07) is 0. The number of alkyl halides is 1. The van der Waals surface area contributed by atoms with Crippen LogP contribution in [-0.4, -0.2) is 6.30 Å². The highest BCUT2D eigenvalue weighted by atomic mass is 35.5. The molecule has 2 nitrogen and oxygen atoms in total. The summed E-state index contributed by atoms with van der Waals surface area (Å²) in [5.41, 5.74) is 5.29. The third-order valence-corrected chi connectivity index (χ3v) is 1.72. The average molecular weight is 182 g/mol. The Bertz CT molecular complexity index is 212. The summed E-state index contributed by atoms with van der Waals surface area (Å²) < 4.78 is 12.5. The topological polar surface area (TPSA) is 38.0 Å². The molecule has 0 bridgehead atoms. The van der Waals surface area contributed by atoms with Crippen LogP contribution in [0.25, 0.3) is 0 Å². The van der Waals surface area contributed by atoms with Crippen LogP contribution in [0.2, 0.25) is 0 Å². The molecule has 0 aromatic rings. The van der Waals surface area contributed by atoms with Crippen LogP contribution >= 0.6 is 23.2 Å². The SMILES string of the molecule is NC1=C(Cl)C(F)N[C]=C1Cl. The van der Waals surface area contributed by atoms with E-state index in [1.54, 1.807) is 0 Å². The molecule has 0 aromatic carbocycles. The third-order valence-electron chi connectivity index (χ3n) is 1.02. The van der Waals surface area contributed by atoms with E-state index in [1.807, 2.05) is 0 Å². The van der Waals surface area contributed by atoms with E-state index in [0.717, 1.165) is 0 Å². The largest absolute Gasteiger partial charge is 0.396 e. The van der Waals surface area contributed by atoms with Gasteiger partial charge >= 0.3 is 0 Å². The summed E-state index contributed by atoms with van der Waals surface area (Å²) in [7, 11) is 0. The molecular formula is C5H4Cl2FN2. The third kappa shape index (κ3) is 1.20. The smallest absolute Gasteiger partial charge is 0.208 e. The van der Waals surface area contributed by atoms with Crippen LogP contribution in [0.15, 0.2) is 15.8 Å². The number of halogens is 3. The minimum absolute atomic E-state index is 0.0367. The maximum atomic E-state index is 12.5. The molecule has 1 aliphatic rings. The van der Waals surface area contributed by atoms with Crippen molar-refractivity contribution in [2.24, 2.45) is 5.73 Å². The fraction of sp³-hybridized carbons (Fsp3) is 0.200. The second-order valence-electron chi connectivity index (χ2n) is 1.71. The molecule has 5 heteroatoms. The summed E-state index contributed by atoms with van der Waals surface area (Å²) in [5.74, 6) is 0. The number of nitrogens with one attached hydrogen (secondary N) is 1. The number of allylic oxidation sites excluding steroid dienone is 1. The zero-order chi connectivity index (χ0) is 7.72. The summed E-state index contributed by atoms with van der Waals surface area (Å²) in [6.07, 6.45) is 0.819. The first-order valence-corrected chi connectivity index (χ1v) is 3.22. The highest BCUT2D eigenvalue weighted by molar-refractivity contribution is 6.35. The number of dihydropyridines is 1. The Morgan fingerprint density at radius 3 is 2.70 bits per heavy atom. The molecule has 1 radical (unpaired) electrons. The van der Waals surface area contributed by atoms with Crippen LogP contribution in [0.5, 0.6) is 0 Å². The molecule has 1 atom stereocenters. The average Bonchev–Trinajstić information content (AvgIpc) is 1.93. The molecule has 0 aliphatic carbocycles. The first-order valence-electron chi connectivity index (χ1n) is 2.46. The molecule has 3 N–H and O–H groups in total. The van der Waals surface area contributed by atoms with Crippen LogP contribution in [0.1, 0.15) is 0 Å². The van der Waals surface area contributed by atoms with Gasteiger partial charge in [-0.05, 0) is 0 Å². The van der Waals surface area contributed by atoms with Gasteiger partial charge in [0.25, 0.3) is 0 Å². The summed E-state index contributed by atoms with van der Waals surface area (Å²) >= 11 is 10.8. The standard InChI is InChI=1S/C5H4Cl2FN2/c6-2-1-10-5(8)3(7)4(2)9/h5,10H,9H2. The number of hydrogen-bond donors (Lipinski definition) is 2. The predicted octanol–water partition coefficient (Wildman–Crippen LogP) is 1.18. The first-order chi connectivity index (χ1) is 4.63. The van der Waals surface area contributed by atoms with Crippen LogP contribution < -0.4 is 11.1 Å². The van der Waals surface area contributed by atoms with Crippen molar-refractivity contribution in [3.63, 3.8) is 0 Å². The van der Waals surface area contributed by atoms with E-state index in [1.165, 1.54) is 0 Å². The second-order valence-corrected chi connectivity index (χ2v) is 2.49. The molecule has 0 amide bonds. The lowest BCUT2D eigenvalue weighted by Gasteiger charge is -2.14. The van der Waals surface area contributed by atoms with Gasteiger partial charge in [-0.3, -0.25) is 0 Å². The van der Waals surface area contributed by atoms with Crippen LogP contribution in [0.4, 0.5) is 4.39 Å². The Hall–Kier alpha value is -0.410. The molecule has 0 saturated carbocycles. The van der Waals surface area contributed by atoms with Crippen molar-refractivity contribution in [1.29, 1.82) is 0 Å². The van der Waals surface area contributed by atoms with Crippen molar-refractivity contribution in [3.8, 4) is 0 Å². The van der Waals surface area contributed by atoms with Gasteiger partial charge in [-0.15, -0.1) is 0 Å². The van der Waals surface area contributed by atoms with E-state index in [4.69, 9.17) is 28.9 Å². The molecule has 1 aliphatic heterocycles. The second kappa shape index (κ2) is 2.68. The Kier molecular flexibility index (Phi) is 2.06. The molecule has 0 aromatic heterocycles. The van der Waals surface area contributed by atoms with Gasteiger partial charge in [0.05, 0.1) is 22.0 Å². The zero-order valence-corrected chi connectivity index (χ0v) is 6.30. The Labute approximate surface area is 67.5 Å². The maximum absolute atomic E-state index is 12.5. The van der Waals surface area contributed by atoms with Crippen LogP contribution in [0.3, 0.4) is 0 Å². The molecular weight excluding hydrogens is 178 g/mol. The van der Waals surface area contributed by atoms with Crippen molar-refractivity contribution < 1.29 is 4.39 Å². The number of rotatable bonds is 0. The van der Waals surface area contributed by atoms with Gasteiger partial charge in [0, 0.05) is 0 Å². The van der Waals surface area contributed by atoms with Gasteiger partial charge in [-0.25, -0.2) is 4.39 Å². The van der Waals surface area contributed by atoms with Crippen molar-refractivity contribution in [2.45, 2.75) is 6.30 Å². The lowest BCUT2D eigenvalue weighted by molar-refractivity contribution is 0.350. The first kappa shape index (κ1) is 7.69. The van der Waals surface area contributed by atoms with E-state index in [2.05, 4.69) is 11.5 Å². The van der Waals surface area contributed by atoms with Gasteiger partial charge in [0.2, 0.25) is 6.30 Å². The summed E-state index contributed by atoms with van der Waals surface area (Å²) in [6.45, 7) is 0. The van der Waals surface area contributed by atoms with Crippen LogP contribution in [-0.2, 0) is 0 Å². The number of hydrogen-bond acceptors (Lipinski definition) is 2. The zero-order valence-electron chi connectivity index (χ0n) is 4.79.